The smallest absolute Gasteiger partial charge is 0.303 e. The molecule has 0 fully saturated rings. The number of carbonyl (C=O) groups is 1. The summed E-state index contributed by atoms with van der Waals surface area (Å²) in [6.07, 6.45) is 0.535. The van der Waals surface area contributed by atoms with Crippen LogP contribution in [0.4, 0.5) is 0 Å². The van der Waals surface area contributed by atoms with E-state index >= 15 is 0 Å². The molecule has 5 nitrogen and oxygen atoms in total. The predicted molar refractivity (Wildman–Crippen MR) is 86.4 cm³/mol. The first kappa shape index (κ1) is 16.7. The molecular formula is C18H20O5. The Balaban J connectivity index is 1.80. The van der Waals surface area contributed by atoms with Crippen molar-refractivity contribution < 1.29 is 24.1 Å². The number of carboxylic acids is 1. The molecule has 0 saturated heterocycles. The molecule has 0 amide bonds. The molecule has 0 unspecified atom stereocenters. The number of ether oxygens (including phenoxy) is 3. The van der Waals surface area contributed by atoms with E-state index in [2.05, 4.69) is 0 Å². The minimum absolute atomic E-state index is 0.0860. The second-order valence-corrected chi connectivity index (χ2v) is 4.87. The first-order chi connectivity index (χ1) is 11.2. The molecule has 0 aliphatic heterocycles. The van der Waals surface area contributed by atoms with E-state index in [-0.39, 0.29) is 6.42 Å². The summed E-state index contributed by atoms with van der Waals surface area (Å²) in [5.74, 6) is 1.41. The monoisotopic (exact) mass is 316 g/mol. The molecule has 0 bridgehead atoms. The van der Waals surface area contributed by atoms with Gasteiger partial charge in [0.25, 0.3) is 0 Å². The van der Waals surface area contributed by atoms with Crippen molar-refractivity contribution in [1.82, 2.24) is 0 Å². The molecule has 2 aromatic carbocycles. The summed E-state index contributed by atoms with van der Waals surface area (Å²) < 4.78 is 16.4. The summed E-state index contributed by atoms with van der Waals surface area (Å²) in [4.78, 5) is 10.7. The van der Waals surface area contributed by atoms with E-state index < -0.39 is 5.97 Å². The normalized spacial score (nSPS) is 10.1. The van der Waals surface area contributed by atoms with Gasteiger partial charge in [-0.05, 0) is 42.3 Å². The largest absolute Gasteiger partial charge is 0.497 e. The maximum atomic E-state index is 10.7. The second kappa shape index (κ2) is 8.68. The fraction of sp³-hybridized carbons (Fsp3) is 0.278. The molecule has 0 aliphatic rings. The Morgan fingerprint density at radius 3 is 2.30 bits per heavy atom. The highest BCUT2D eigenvalue weighted by molar-refractivity contribution is 5.67. The van der Waals surface area contributed by atoms with Crippen LogP contribution in [-0.4, -0.2) is 31.4 Å². The van der Waals surface area contributed by atoms with Crippen molar-refractivity contribution in [1.29, 1.82) is 0 Å². The van der Waals surface area contributed by atoms with Crippen LogP contribution in [0.3, 0.4) is 0 Å². The Bertz CT molecular complexity index is 622. The molecule has 0 heterocycles. The number of rotatable bonds is 9. The Morgan fingerprint density at radius 1 is 0.957 bits per heavy atom. The van der Waals surface area contributed by atoms with Crippen LogP contribution < -0.4 is 14.2 Å². The zero-order valence-corrected chi connectivity index (χ0v) is 13.0. The molecule has 2 aromatic rings. The van der Waals surface area contributed by atoms with Gasteiger partial charge < -0.3 is 19.3 Å². The lowest BCUT2D eigenvalue weighted by molar-refractivity contribution is -0.136. The van der Waals surface area contributed by atoms with Gasteiger partial charge in [0.2, 0.25) is 0 Å². The molecule has 1 N–H and O–H groups in total. The standard InChI is InChI=1S/C18H20O5/c1-21-15-7-9-16(10-8-15)22-12-13-23-17-5-3-2-4-14(17)6-11-18(19)20/h2-5,7-10H,6,11-13H2,1H3,(H,19,20). The third-order valence-corrected chi connectivity index (χ3v) is 3.25. The van der Waals surface area contributed by atoms with Crippen molar-refractivity contribution in [3.63, 3.8) is 0 Å². The first-order valence-corrected chi connectivity index (χ1v) is 7.38. The highest BCUT2D eigenvalue weighted by Gasteiger charge is 2.05. The molecular weight excluding hydrogens is 296 g/mol. The van der Waals surface area contributed by atoms with Gasteiger partial charge in [-0.3, -0.25) is 4.79 Å². The van der Waals surface area contributed by atoms with Gasteiger partial charge >= 0.3 is 5.97 Å². The van der Waals surface area contributed by atoms with Crippen LogP contribution in [0.1, 0.15) is 12.0 Å². The molecule has 23 heavy (non-hydrogen) atoms. The molecule has 0 saturated carbocycles. The van der Waals surface area contributed by atoms with Gasteiger partial charge in [-0.25, -0.2) is 0 Å². The average molecular weight is 316 g/mol. The average Bonchev–Trinajstić information content (AvgIpc) is 2.58. The quantitative estimate of drug-likeness (QED) is 0.720. The van der Waals surface area contributed by atoms with Gasteiger partial charge in [0.05, 0.1) is 7.11 Å². The van der Waals surface area contributed by atoms with Crippen molar-refractivity contribution in [3.05, 3.63) is 54.1 Å². The molecule has 0 aromatic heterocycles. The van der Waals surface area contributed by atoms with Crippen molar-refractivity contribution in [2.75, 3.05) is 20.3 Å². The summed E-state index contributed by atoms with van der Waals surface area (Å²) in [5, 5.41) is 8.77. The number of carboxylic acid groups (broad SMARTS) is 1. The van der Waals surface area contributed by atoms with Gasteiger partial charge in [0, 0.05) is 6.42 Å². The Kier molecular flexibility index (Phi) is 6.29. The van der Waals surface area contributed by atoms with Crippen molar-refractivity contribution in [2.24, 2.45) is 0 Å². The first-order valence-electron chi connectivity index (χ1n) is 7.38. The molecule has 2 rings (SSSR count). The number of para-hydroxylation sites is 1. The zero-order valence-electron chi connectivity index (χ0n) is 13.0. The summed E-state index contributed by atoms with van der Waals surface area (Å²) in [7, 11) is 1.62. The SMILES string of the molecule is COc1ccc(OCCOc2ccccc2CCC(=O)O)cc1. The Hall–Kier alpha value is -2.69. The summed E-state index contributed by atoms with van der Waals surface area (Å²) in [5.41, 5.74) is 0.888. The van der Waals surface area contributed by atoms with Crippen molar-refractivity contribution in [3.8, 4) is 17.2 Å². The number of hydrogen-bond donors (Lipinski definition) is 1. The highest BCUT2D eigenvalue weighted by Crippen LogP contribution is 2.20. The van der Waals surface area contributed by atoms with Crippen LogP contribution in [0.2, 0.25) is 0 Å². The topological polar surface area (TPSA) is 65.0 Å². The molecule has 0 atom stereocenters. The van der Waals surface area contributed by atoms with E-state index in [1.54, 1.807) is 7.11 Å². The third kappa shape index (κ3) is 5.54. The van der Waals surface area contributed by atoms with Crippen LogP contribution in [0.5, 0.6) is 17.2 Å². The van der Waals surface area contributed by atoms with Crippen LogP contribution >= 0.6 is 0 Å². The number of aryl methyl sites for hydroxylation is 1. The molecule has 0 radical (unpaired) electrons. The fourth-order valence-electron chi connectivity index (χ4n) is 2.08. The van der Waals surface area contributed by atoms with Crippen LogP contribution in [0.15, 0.2) is 48.5 Å². The number of hydrogen-bond acceptors (Lipinski definition) is 4. The summed E-state index contributed by atoms with van der Waals surface area (Å²) in [6.45, 7) is 0.787. The number of methoxy groups -OCH3 is 1. The van der Waals surface area contributed by atoms with E-state index in [4.69, 9.17) is 19.3 Å². The lowest BCUT2D eigenvalue weighted by Crippen LogP contribution is -2.10. The minimum atomic E-state index is -0.817. The zero-order chi connectivity index (χ0) is 16.5. The molecule has 122 valence electrons. The fourth-order valence-corrected chi connectivity index (χ4v) is 2.08. The van der Waals surface area contributed by atoms with Gasteiger partial charge in [0.15, 0.2) is 0 Å². The summed E-state index contributed by atoms with van der Waals surface area (Å²) >= 11 is 0. The van der Waals surface area contributed by atoms with E-state index in [0.29, 0.717) is 25.4 Å². The van der Waals surface area contributed by atoms with Gasteiger partial charge in [-0.1, -0.05) is 18.2 Å². The lowest BCUT2D eigenvalue weighted by atomic mass is 10.1. The van der Waals surface area contributed by atoms with Crippen molar-refractivity contribution >= 4 is 5.97 Å². The van der Waals surface area contributed by atoms with Crippen LogP contribution in [-0.2, 0) is 11.2 Å². The molecule has 5 heteroatoms. The van der Waals surface area contributed by atoms with E-state index in [9.17, 15) is 4.79 Å². The predicted octanol–water partition coefficient (Wildman–Crippen LogP) is 3.17. The van der Waals surface area contributed by atoms with Gasteiger partial charge in [0.1, 0.15) is 30.5 Å². The second-order valence-electron chi connectivity index (χ2n) is 4.87. The third-order valence-electron chi connectivity index (χ3n) is 3.25. The number of aliphatic carboxylic acids is 1. The molecule has 0 aliphatic carbocycles. The van der Waals surface area contributed by atoms with E-state index in [0.717, 1.165) is 17.1 Å². The van der Waals surface area contributed by atoms with Crippen molar-refractivity contribution in [2.45, 2.75) is 12.8 Å². The lowest BCUT2D eigenvalue weighted by Gasteiger charge is -2.12. The van der Waals surface area contributed by atoms with Gasteiger partial charge in [-0.2, -0.15) is 0 Å². The maximum Gasteiger partial charge on any atom is 0.303 e. The minimum Gasteiger partial charge on any atom is -0.497 e. The van der Waals surface area contributed by atoms with E-state index in [1.807, 2.05) is 48.5 Å². The van der Waals surface area contributed by atoms with Gasteiger partial charge in [-0.15, -0.1) is 0 Å². The summed E-state index contributed by atoms with van der Waals surface area (Å²) in [6, 6.07) is 14.8. The van der Waals surface area contributed by atoms with Crippen LogP contribution in [0, 0.1) is 0 Å². The maximum absolute atomic E-state index is 10.7. The Morgan fingerprint density at radius 2 is 1.61 bits per heavy atom. The molecule has 0 spiro atoms. The van der Waals surface area contributed by atoms with E-state index in [1.165, 1.54) is 0 Å². The number of benzene rings is 2. The highest BCUT2D eigenvalue weighted by atomic mass is 16.5. The van der Waals surface area contributed by atoms with Crippen LogP contribution in [0.25, 0.3) is 0 Å². The Labute approximate surface area is 135 Å².